The van der Waals surface area contributed by atoms with Crippen LogP contribution in [-0.4, -0.2) is 23.2 Å². The number of fused-ring (bicyclic) bond motifs is 1. The van der Waals surface area contributed by atoms with Crippen LogP contribution in [0.3, 0.4) is 0 Å². The molecule has 0 unspecified atom stereocenters. The highest BCUT2D eigenvalue weighted by Crippen LogP contribution is 2.25. The summed E-state index contributed by atoms with van der Waals surface area (Å²) in [4.78, 5) is 14.8. The molecule has 0 radical (unpaired) electrons. The molecule has 25 heavy (non-hydrogen) atoms. The Morgan fingerprint density at radius 2 is 2.08 bits per heavy atom. The van der Waals surface area contributed by atoms with Gasteiger partial charge in [0.2, 0.25) is 0 Å². The van der Waals surface area contributed by atoms with Gasteiger partial charge in [-0.15, -0.1) is 0 Å². The van der Waals surface area contributed by atoms with Crippen molar-refractivity contribution in [3.63, 3.8) is 0 Å². The fourth-order valence-electron chi connectivity index (χ4n) is 2.26. The molecule has 2 aromatic carbocycles. The molecule has 0 bridgehead atoms. The molecule has 0 atom stereocenters. The lowest BCUT2D eigenvalue weighted by Crippen LogP contribution is -1.97. The Kier molecular flexibility index (Phi) is 4.76. The minimum absolute atomic E-state index is 0.0629. The Bertz CT molecular complexity index is 975. The third-order valence-corrected chi connectivity index (χ3v) is 3.79. The third kappa shape index (κ3) is 3.67. The molecule has 7 nitrogen and oxygen atoms in total. The molecular weight excluding hydrogens is 344 g/mol. The largest absolute Gasteiger partial charge is 0.497 e. The number of nitrogens with zero attached hydrogens (tertiary/aromatic N) is 3. The van der Waals surface area contributed by atoms with Gasteiger partial charge in [-0.3, -0.25) is 15.5 Å². The van der Waals surface area contributed by atoms with Gasteiger partial charge in [-0.1, -0.05) is 23.7 Å². The van der Waals surface area contributed by atoms with Gasteiger partial charge in [0.1, 0.15) is 16.6 Å². The Morgan fingerprint density at radius 1 is 1.28 bits per heavy atom. The predicted octanol–water partition coefficient (Wildman–Crippen LogP) is 4.25. The number of anilines is 1. The monoisotopic (exact) mass is 356 g/mol. The fraction of sp³-hybridized carbons (Fsp3) is 0.0588. The summed E-state index contributed by atoms with van der Waals surface area (Å²) >= 11 is 6.17. The third-order valence-electron chi connectivity index (χ3n) is 3.49. The minimum atomic E-state index is -0.477. The summed E-state index contributed by atoms with van der Waals surface area (Å²) < 4.78 is 5.20. The summed E-state index contributed by atoms with van der Waals surface area (Å²) in [6, 6.07) is 13.5. The number of aromatic nitrogens is 1. The summed E-state index contributed by atoms with van der Waals surface area (Å²) in [6.07, 6.45) is 1.46. The molecule has 0 fully saturated rings. The van der Waals surface area contributed by atoms with Crippen LogP contribution in [0.25, 0.3) is 10.9 Å². The van der Waals surface area contributed by atoms with E-state index in [1.165, 1.54) is 12.3 Å². The molecular formula is C17H13ClN4O3. The van der Waals surface area contributed by atoms with Crippen LogP contribution in [0.2, 0.25) is 5.15 Å². The summed E-state index contributed by atoms with van der Waals surface area (Å²) in [5, 5.41) is 16.1. The smallest absolute Gasteiger partial charge is 0.294 e. The van der Waals surface area contributed by atoms with Crippen molar-refractivity contribution in [1.29, 1.82) is 0 Å². The summed E-state index contributed by atoms with van der Waals surface area (Å²) in [7, 11) is 1.59. The molecule has 0 saturated heterocycles. The van der Waals surface area contributed by atoms with E-state index in [0.717, 1.165) is 10.9 Å². The number of hydrazone groups is 1. The first-order valence-electron chi connectivity index (χ1n) is 7.25. The Hall–Kier alpha value is -3.19. The normalized spacial score (nSPS) is 11.0. The summed E-state index contributed by atoms with van der Waals surface area (Å²) in [6.45, 7) is 0. The van der Waals surface area contributed by atoms with Gasteiger partial charge in [-0.25, -0.2) is 4.98 Å². The van der Waals surface area contributed by atoms with Gasteiger partial charge < -0.3 is 4.74 Å². The first-order chi connectivity index (χ1) is 12.1. The highest BCUT2D eigenvalue weighted by atomic mass is 35.5. The van der Waals surface area contributed by atoms with Gasteiger partial charge in [0.05, 0.1) is 23.8 Å². The zero-order valence-corrected chi connectivity index (χ0v) is 13.9. The zero-order chi connectivity index (χ0) is 17.8. The van der Waals surface area contributed by atoms with Crippen molar-refractivity contribution in [2.75, 3.05) is 12.5 Å². The second kappa shape index (κ2) is 7.14. The van der Waals surface area contributed by atoms with Crippen molar-refractivity contribution in [2.45, 2.75) is 0 Å². The van der Waals surface area contributed by atoms with E-state index in [-0.39, 0.29) is 16.5 Å². The molecule has 0 saturated carbocycles. The number of nitrogens with one attached hydrogen (secondary N) is 1. The number of benzene rings is 2. The number of ether oxygens (including phenoxy) is 1. The van der Waals surface area contributed by atoms with Gasteiger partial charge in [0, 0.05) is 17.0 Å². The highest BCUT2D eigenvalue weighted by molar-refractivity contribution is 6.32. The number of pyridine rings is 1. The van der Waals surface area contributed by atoms with Gasteiger partial charge in [-0.2, -0.15) is 5.10 Å². The molecule has 3 aromatic rings. The van der Waals surface area contributed by atoms with Crippen molar-refractivity contribution in [2.24, 2.45) is 5.10 Å². The predicted molar refractivity (Wildman–Crippen MR) is 97.6 cm³/mol. The van der Waals surface area contributed by atoms with Gasteiger partial charge in [0.25, 0.3) is 5.69 Å². The Labute approximate surface area is 148 Å². The number of rotatable bonds is 5. The van der Waals surface area contributed by atoms with Crippen LogP contribution in [0.1, 0.15) is 5.56 Å². The van der Waals surface area contributed by atoms with Crippen LogP contribution in [0.15, 0.2) is 53.6 Å². The molecule has 3 rings (SSSR count). The average molecular weight is 357 g/mol. The van der Waals surface area contributed by atoms with Crippen molar-refractivity contribution in [1.82, 2.24) is 4.98 Å². The molecule has 0 aliphatic rings. The Morgan fingerprint density at radius 3 is 2.84 bits per heavy atom. The van der Waals surface area contributed by atoms with E-state index in [1.807, 2.05) is 18.2 Å². The minimum Gasteiger partial charge on any atom is -0.497 e. The lowest BCUT2D eigenvalue weighted by atomic mass is 10.1. The van der Waals surface area contributed by atoms with E-state index >= 15 is 0 Å². The van der Waals surface area contributed by atoms with Crippen LogP contribution in [0.5, 0.6) is 5.75 Å². The second-order valence-corrected chi connectivity index (χ2v) is 5.43. The van der Waals surface area contributed by atoms with Crippen molar-refractivity contribution < 1.29 is 9.66 Å². The highest BCUT2D eigenvalue weighted by Gasteiger charge is 2.11. The first-order valence-corrected chi connectivity index (χ1v) is 7.63. The van der Waals surface area contributed by atoms with Gasteiger partial charge in [0.15, 0.2) is 0 Å². The molecule has 1 aromatic heterocycles. The van der Waals surface area contributed by atoms with Crippen LogP contribution in [0, 0.1) is 10.1 Å². The van der Waals surface area contributed by atoms with Crippen LogP contribution in [-0.2, 0) is 0 Å². The van der Waals surface area contributed by atoms with Gasteiger partial charge >= 0.3 is 0 Å². The maximum Gasteiger partial charge on any atom is 0.294 e. The molecule has 0 aliphatic carbocycles. The zero-order valence-electron chi connectivity index (χ0n) is 13.1. The topological polar surface area (TPSA) is 89.7 Å². The standard InChI is InChI=1S/C17H13ClN4O3/c1-25-13-6-7-14-11(9-13)8-12(17(18)20-14)10-19-21-15-4-2-3-5-16(15)22(23)24/h2-10,21H,1H3/b19-10-. The number of nitro groups is 1. The van der Waals surface area contributed by atoms with Crippen molar-refractivity contribution in [3.8, 4) is 5.75 Å². The van der Waals surface area contributed by atoms with Crippen molar-refractivity contribution in [3.05, 3.63) is 69.4 Å². The summed E-state index contributed by atoms with van der Waals surface area (Å²) in [5.41, 5.74) is 4.19. The first kappa shape index (κ1) is 16.7. The second-order valence-electron chi connectivity index (χ2n) is 5.07. The fourth-order valence-corrected chi connectivity index (χ4v) is 2.46. The van der Waals surface area contributed by atoms with Gasteiger partial charge in [-0.05, 0) is 30.3 Å². The molecule has 0 spiro atoms. The van der Waals surface area contributed by atoms with E-state index in [1.54, 1.807) is 31.4 Å². The van der Waals surface area contributed by atoms with E-state index < -0.39 is 4.92 Å². The Balaban J connectivity index is 1.88. The number of hydrogen-bond donors (Lipinski definition) is 1. The lowest BCUT2D eigenvalue weighted by Gasteiger charge is -2.05. The molecule has 8 heteroatoms. The molecule has 1 heterocycles. The SMILES string of the molecule is COc1ccc2nc(Cl)c(/C=N\Nc3ccccc3[N+](=O)[O-])cc2c1. The van der Waals surface area contributed by atoms with Crippen LogP contribution >= 0.6 is 11.6 Å². The van der Waals surface area contributed by atoms with Crippen LogP contribution < -0.4 is 10.2 Å². The van der Waals surface area contributed by atoms with E-state index in [9.17, 15) is 10.1 Å². The molecule has 126 valence electrons. The number of para-hydroxylation sites is 2. The summed E-state index contributed by atoms with van der Waals surface area (Å²) in [5.74, 6) is 0.706. The maximum atomic E-state index is 11.0. The van der Waals surface area contributed by atoms with E-state index in [4.69, 9.17) is 16.3 Å². The number of hydrogen-bond acceptors (Lipinski definition) is 6. The number of nitro benzene ring substituents is 1. The van der Waals surface area contributed by atoms with E-state index in [0.29, 0.717) is 11.3 Å². The number of methoxy groups -OCH3 is 1. The quantitative estimate of drug-likeness (QED) is 0.319. The molecule has 0 amide bonds. The number of halogens is 1. The average Bonchev–Trinajstić information content (AvgIpc) is 2.62. The maximum absolute atomic E-state index is 11.0. The lowest BCUT2D eigenvalue weighted by molar-refractivity contribution is -0.384. The molecule has 0 aliphatic heterocycles. The van der Waals surface area contributed by atoms with Crippen LogP contribution in [0.4, 0.5) is 11.4 Å². The van der Waals surface area contributed by atoms with Crippen molar-refractivity contribution >= 4 is 40.1 Å². The van der Waals surface area contributed by atoms with E-state index in [2.05, 4.69) is 15.5 Å². The molecule has 1 N–H and O–H groups in total.